The van der Waals surface area contributed by atoms with Crippen LogP contribution in [0.1, 0.15) is 37.3 Å². The van der Waals surface area contributed by atoms with E-state index >= 15 is 0 Å². The molecular weight excluding hydrogens is 288 g/mol. The van der Waals surface area contributed by atoms with Gasteiger partial charge in [0, 0.05) is 18.4 Å². The van der Waals surface area contributed by atoms with Crippen LogP contribution in [0.4, 0.5) is 0 Å². The number of aromatic nitrogens is 1. The molecule has 1 aromatic heterocycles. The molecule has 1 fully saturated rings. The Bertz CT molecular complexity index is 464. The Morgan fingerprint density at radius 1 is 1.36 bits per heavy atom. The summed E-state index contributed by atoms with van der Waals surface area (Å²) < 4.78 is 0. The molecule has 1 atom stereocenters. The maximum Gasteiger partial charge on any atom is 0.305 e. The number of rotatable bonds is 5. The van der Waals surface area contributed by atoms with Gasteiger partial charge in [-0.3, -0.25) is 19.5 Å². The maximum atomic E-state index is 9.84. The van der Waals surface area contributed by atoms with Crippen molar-refractivity contribution in [3.05, 3.63) is 30.1 Å². The predicted octanol–water partition coefficient (Wildman–Crippen LogP) is 1.14. The number of hydrogen-bond donors (Lipinski definition) is 3. The SMILES string of the molecule is CN1CCCC1c1cccnc1.O=C(O)CC(O)CC(=O)O. The normalized spacial score (nSPS) is 17.9. The van der Waals surface area contributed by atoms with Crippen molar-refractivity contribution in [1.82, 2.24) is 9.88 Å². The van der Waals surface area contributed by atoms with Gasteiger partial charge in [-0.15, -0.1) is 0 Å². The Kier molecular flexibility index (Phi) is 7.48. The summed E-state index contributed by atoms with van der Waals surface area (Å²) in [7, 11) is 2.19. The quantitative estimate of drug-likeness (QED) is 0.748. The minimum absolute atomic E-state index is 0.522. The van der Waals surface area contributed by atoms with Crippen LogP contribution in [0.3, 0.4) is 0 Å². The fourth-order valence-electron chi connectivity index (χ4n) is 2.38. The van der Waals surface area contributed by atoms with Gasteiger partial charge in [0.05, 0.1) is 18.9 Å². The second kappa shape index (κ2) is 9.11. The first-order valence-corrected chi connectivity index (χ1v) is 7.12. The van der Waals surface area contributed by atoms with Crippen molar-refractivity contribution >= 4 is 11.9 Å². The van der Waals surface area contributed by atoms with Crippen molar-refractivity contribution in [2.75, 3.05) is 13.6 Å². The van der Waals surface area contributed by atoms with Crippen molar-refractivity contribution in [2.45, 2.75) is 37.8 Å². The highest BCUT2D eigenvalue weighted by atomic mass is 16.4. The van der Waals surface area contributed by atoms with Crippen molar-refractivity contribution in [2.24, 2.45) is 0 Å². The van der Waals surface area contributed by atoms with Crippen LogP contribution < -0.4 is 0 Å². The molecule has 0 saturated carbocycles. The van der Waals surface area contributed by atoms with E-state index in [0.29, 0.717) is 6.04 Å². The number of hydrogen-bond acceptors (Lipinski definition) is 5. The molecule has 3 N–H and O–H groups in total. The van der Waals surface area contributed by atoms with E-state index in [1.165, 1.54) is 24.9 Å². The molecule has 7 nitrogen and oxygen atoms in total. The van der Waals surface area contributed by atoms with Crippen LogP contribution in [0.2, 0.25) is 0 Å². The number of pyridine rings is 1. The molecule has 122 valence electrons. The third-order valence-electron chi connectivity index (χ3n) is 3.41. The molecule has 22 heavy (non-hydrogen) atoms. The molecule has 0 radical (unpaired) electrons. The molecule has 1 aliphatic heterocycles. The van der Waals surface area contributed by atoms with Gasteiger partial charge in [0.1, 0.15) is 0 Å². The first-order chi connectivity index (χ1) is 10.4. The fraction of sp³-hybridized carbons (Fsp3) is 0.533. The van der Waals surface area contributed by atoms with Gasteiger partial charge in [0.25, 0.3) is 0 Å². The molecule has 0 bridgehead atoms. The van der Waals surface area contributed by atoms with Crippen LogP contribution in [-0.4, -0.2) is 56.8 Å². The Morgan fingerprint density at radius 3 is 2.41 bits per heavy atom. The van der Waals surface area contributed by atoms with Gasteiger partial charge < -0.3 is 15.3 Å². The molecule has 0 aromatic carbocycles. The first kappa shape index (κ1) is 18.1. The van der Waals surface area contributed by atoms with Crippen LogP contribution in [0.15, 0.2) is 24.5 Å². The average Bonchev–Trinajstić information content (AvgIpc) is 2.85. The van der Waals surface area contributed by atoms with Gasteiger partial charge in [0.15, 0.2) is 0 Å². The zero-order chi connectivity index (χ0) is 16.5. The second-order valence-corrected chi connectivity index (χ2v) is 5.27. The molecule has 0 amide bonds. The molecule has 0 aliphatic carbocycles. The summed E-state index contributed by atoms with van der Waals surface area (Å²) in [6.07, 6.45) is 4.08. The van der Waals surface area contributed by atoms with E-state index in [4.69, 9.17) is 15.3 Å². The van der Waals surface area contributed by atoms with E-state index in [0.717, 1.165) is 0 Å². The van der Waals surface area contributed by atoms with Gasteiger partial charge >= 0.3 is 11.9 Å². The number of carboxylic acids is 2. The lowest BCUT2D eigenvalue weighted by Crippen LogP contribution is -2.17. The van der Waals surface area contributed by atoms with Gasteiger partial charge in [-0.1, -0.05) is 6.07 Å². The van der Waals surface area contributed by atoms with E-state index in [-0.39, 0.29) is 0 Å². The summed E-state index contributed by atoms with van der Waals surface area (Å²) >= 11 is 0. The molecular formula is C15H22N2O5. The highest BCUT2D eigenvalue weighted by Gasteiger charge is 2.21. The number of nitrogens with zero attached hydrogens (tertiary/aromatic N) is 2. The standard InChI is InChI=1S/C10H14N2.C5H8O5/c1-12-7-3-5-10(12)9-4-2-6-11-8-9;6-3(1-4(7)8)2-5(9)10/h2,4,6,8,10H,3,5,7H2,1H3;3,6H,1-2H2,(H,7,8)(H,9,10). The molecule has 2 heterocycles. The lowest BCUT2D eigenvalue weighted by atomic mass is 10.1. The number of aliphatic hydroxyl groups excluding tert-OH is 1. The minimum atomic E-state index is -1.28. The number of aliphatic carboxylic acids is 2. The van der Waals surface area contributed by atoms with Crippen molar-refractivity contribution in [1.29, 1.82) is 0 Å². The van der Waals surface area contributed by atoms with E-state index in [2.05, 4.69) is 23.0 Å². The highest BCUT2D eigenvalue weighted by Crippen LogP contribution is 2.29. The summed E-state index contributed by atoms with van der Waals surface area (Å²) in [5.74, 6) is -2.40. The number of carboxylic acid groups (broad SMARTS) is 2. The molecule has 0 spiro atoms. The topological polar surface area (TPSA) is 111 Å². The Morgan fingerprint density at radius 2 is 2.00 bits per heavy atom. The van der Waals surface area contributed by atoms with Crippen LogP contribution in [0, 0.1) is 0 Å². The van der Waals surface area contributed by atoms with Crippen LogP contribution in [-0.2, 0) is 9.59 Å². The molecule has 1 unspecified atom stereocenters. The zero-order valence-corrected chi connectivity index (χ0v) is 12.6. The molecule has 7 heteroatoms. The number of aliphatic hydroxyl groups is 1. The third kappa shape index (κ3) is 6.64. The Labute approximate surface area is 129 Å². The summed E-state index contributed by atoms with van der Waals surface area (Å²) in [6.45, 7) is 1.22. The molecule has 1 aliphatic rings. The fourth-order valence-corrected chi connectivity index (χ4v) is 2.38. The van der Waals surface area contributed by atoms with Crippen molar-refractivity contribution in [3.63, 3.8) is 0 Å². The van der Waals surface area contributed by atoms with Gasteiger partial charge in [-0.2, -0.15) is 0 Å². The zero-order valence-electron chi connectivity index (χ0n) is 12.6. The van der Waals surface area contributed by atoms with Crippen LogP contribution in [0.5, 0.6) is 0 Å². The van der Waals surface area contributed by atoms with Gasteiger partial charge in [-0.05, 0) is 38.1 Å². The van der Waals surface area contributed by atoms with Gasteiger partial charge in [0.2, 0.25) is 0 Å². The number of likely N-dealkylation sites (tertiary alicyclic amines) is 1. The minimum Gasteiger partial charge on any atom is -0.481 e. The summed E-state index contributed by atoms with van der Waals surface area (Å²) in [4.78, 5) is 26.2. The lowest BCUT2D eigenvalue weighted by molar-refractivity contribution is -0.142. The Balaban J connectivity index is 0.000000225. The predicted molar refractivity (Wildman–Crippen MR) is 79.4 cm³/mol. The average molecular weight is 310 g/mol. The smallest absolute Gasteiger partial charge is 0.305 e. The first-order valence-electron chi connectivity index (χ1n) is 7.12. The summed E-state index contributed by atoms with van der Waals surface area (Å²) in [5, 5.41) is 24.7. The second-order valence-electron chi connectivity index (χ2n) is 5.27. The van der Waals surface area contributed by atoms with E-state index in [1.807, 2.05) is 18.5 Å². The van der Waals surface area contributed by atoms with Crippen LogP contribution >= 0.6 is 0 Å². The largest absolute Gasteiger partial charge is 0.481 e. The summed E-state index contributed by atoms with van der Waals surface area (Å²) in [6, 6.07) is 4.79. The maximum absolute atomic E-state index is 9.84. The van der Waals surface area contributed by atoms with E-state index in [9.17, 15) is 9.59 Å². The molecule has 1 aromatic rings. The lowest BCUT2D eigenvalue weighted by Gasteiger charge is -2.18. The van der Waals surface area contributed by atoms with E-state index < -0.39 is 30.9 Å². The van der Waals surface area contributed by atoms with Crippen molar-refractivity contribution in [3.8, 4) is 0 Å². The summed E-state index contributed by atoms with van der Waals surface area (Å²) in [5.41, 5.74) is 1.36. The van der Waals surface area contributed by atoms with Crippen LogP contribution in [0.25, 0.3) is 0 Å². The van der Waals surface area contributed by atoms with E-state index in [1.54, 1.807) is 0 Å². The third-order valence-corrected chi connectivity index (χ3v) is 3.41. The highest BCUT2D eigenvalue weighted by molar-refractivity contribution is 5.71. The molecule has 2 rings (SSSR count). The molecule has 1 saturated heterocycles. The Hall–Kier alpha value is -1.99. The van der Waals surface area contributed by atoms with Crippen molar-refractivity contribution < 1.29 is 24.9 Å². The monoisotopic (exact) mass is 310 g/mol. The number of carbonyl (C=O) groups is 2. The van der Waals surface area contributed by atoms with Gasteiger partial charge in [-0.25, -0.2) is 0 Å².